The minimum atomic E-state index is -0.733. The third-order valence-electron chi connectivity index (χ3n) is 3.54. The van der Waals surface area contributed by atoms with E-state index >= 15 is 0 Å². The highest BCUT2D eigenvalue weighted by atomic mass is 32.1. The van der Waals surface area contributed by atoms with Gasteiger partial charge >= 0.3 is 6.03 Å². The molecule has 0 radical (unpaired) electrons. The number of halogens is 1. The van der Waals surface area contributed by atoms with E-state index in [9.17, 15) is 14.0 Å². The van der Waals surface area contributed by atoms with Crippen molar-refractivity contribution in [2.75, 3.05) is 4.31 Å². The number of thiol groups is 1. The van der Waals surface area contributed by atoms with Gasteiger partial charge in [0.25, 0.3) is 0 Å². The van der Waals surface area contributed by atoms with E-state index in [-0.39, 0.29) is 23.0 Å². The van der Waals surface area contributed by atoms with Gasteiger partial charge in [0, 0.05) is 0 Å². The number of rotatable bonds is 4. The first-order valence-electron chi connectivity index (χ1n) is 7.22. The Bertz CT molecular complexity index is 849. The molecule has 0 aliphatic carbocycles. The van der Waals surface area contributed by atoms with Crippen LogP contribution in [0.4, 0.5) is 14.9 Å². The number of urea groups is 1. The molecule has 0 spiro atoms. The Labute approximate surface area is 149 Å². The van der Waals surface area contributed by atoms with Gasteiger partial charge in [-0.1, -0.05) is 24.9 Å². The van der Waals surface area contributed by atoms with Crippen LogP contribution in [0.2, 0.25) is 0 Å². The molecule has 0 aromatic heterocycles. The molecule has 0 saturated carbocycles. The number of nitriles is 1. The lowest BCUT2D eigenvalue weighted by atomic mass is 10.1. The molecule has 2 aromatic rings. The third kappa shape index (κ3) is 4.28. The summed E-state index contributed by atoms with van der Waals surface area (Å²) in [5, 5.41) is 11.8. The molecule has 3 amide bonds. The monoisotopic (exact) mass is 358 g/mol. The van der Waals surface area contributed by atoms with Crippen LogP contribution < -0.4 is 15.4 Å². The van der Waals surface area contributed by atoms with Crippen LogP contribution >= 0.6 is 12.8 Å². The molecule has 2 rings (SSSR count). The number of amides is 3. The largest absolute Gasteiger partial charge is 0.366 e. The molecular weight excluding hydrogens is 343 g/mol. The summed E-state index contributed by atoms with van der Waals surface area (Å²) >= 11 is 4.13. The van der Waals surface area contributed by atoms with Gasteiger partial charge < -0.3 is 11.1 Å². The van der Waals surface area contributed by atoms with E-state index in [0.717, 1.165) is 9.87 Å². The normalized spacial score (nSPS) is 11.3. The molecular formula is C17H15FN4O2S. The Kier molecular flexibility index (Phi) is 5.62. The van der Waals surface area contributed by atoms with Gasteiger partial charge in [0.2, 0.25) is 5.91 Å². The molecule has 128 valence electrons. The molecule has 0 heterocycles. The maximum absolute atomic E-state index is 13.0. The average molecular weight is 358 g/mol. The summed E-state index contributed by atoms with van der Waals surface area (Å²) < 4.78 is 14.0. The first-order valence-corrected chi connectivity index (χ1v) is 7.62. The molecule has 8 heteroatoms. The highest BCUT2D eigenvalue weighted by molar-refractivity contribution is 7.82. The third-order valence-corrected chi connectivity index (χ3v) is 3.95. The first kappa shape index (κ1) is 18.3. The lowest BCUT2D eigenvalue weighted by molar-refractivity contribution is 0.1000. The summed E-state index contributed by atoms with van der Waals surface area (Å²) in [6.07, 6.45) is 0. The van der Waals surface area contributed by atoms with Gasteiger partial charge in [0.15, 0.2) is 0 Å². The van der Waals surface area contributed by atoms with Crippen LogP contribution in [0.5, 0.6) is 0 Å². The number of nitrogens with zero attached hydrogens (tertiary/aromatic N) is 2. The van der Waals surface area contributed by atoms with Crippen molar-refractivity contribution in [3.05, 3.63) is 65.0 Å². The van der Waals surface area contributed by atoms with Crippen molar-refractivity contribution in [1.82, 2.24) is 5.32 Å². The van der Waals surface area contributed by atoms with Crippen molar-refractivity contribution < 1.29 is 14.0 Å². The van der Waals surface area contributed by atoms with Crippen molar-refractivity contribution >= 4 is 30.4 Å². The van der Waals surface area contributed by atoms with Crippen molar-refractivity contribution in [2.45, 2.75) is 13.0 Å². The van der Waals surface area contributed by atoms with Crippen molar-refractivity contribution in [1.29, 1.82) is 5.26 Å². The number of carbonyl (C=O) groups excluding carboxylic acids is 2. The second-order valence-electron chi connectivity index (χ2n) is 5.24. The second kappa shape index (κ2) is 7.68. The number of anilines is 1. The zero-order valence-electron chi connectivity index (χ0n) is 13.2. The summed E-state index contributed by atoms with van der Waals surface area (Å²) in [5.74, 6) is -1.10. The van der Waals surface area contributed by atoms with E-state index in [1.54, 1.807) is 19.1 Å². The van der Waals surface area contributed by atoms with Crippen molar-refractivity contribution in [3.63, 3.8) is 0 Å². The lowest BCUT2D eigenvalue weighted by Gasteiger charge is -2.21. The molecule has 0 fully saturated rings. The van der Waals surface area contributed by atoms with E-state index in [4.69, 9.17) is 11.0 Å². The highest BCUT2D eigenvalue weighted by Crippen LogP contribution is 2.22. The first-order chi connectivity index (χ1) is 11.8. The predicted molar refractivity (Wildman–Crippen MR) is 94.5 cm³/mol. The zero-order valence-corrected chi connectivity index (χ0v) is 14.1. The minimum absolute atomic E-state index is 0.0448. The molecule has 1 unspecified atom stereocenters. The minimum Gasteiger partial charge on any atom is -0.366 e. The second-order valence-corrected chi connectivity index (χ2v) is 5.64. The molecule has 3 N–H and O–H groups in total. The number of carbonyl (C=O) groups is 2. The fourth-order valence-corrected chi connectivity index (χ4v) is 2.35. The fourth-order valence-electron chi connectivity index (χ4n) is 2.17. The predicted octanol–water partition coefficient (Wildman–Crippen LogP) is 2.92. The highest BCUT2D eigenvalue weighted by Gasteiger charge is 2.18. The Morgan fingerprint density at radius 1 is 1.28 bits per heavy atom. The van der Waals surface area contributed by atoms with Crippen LogP contribution in [0.3, 0.4) is 0 Å². The van der Waals surface area contributed by atoms with Gasteiger partial charge in [0.05, 0.1) is 22.9 Å². The molecule has 0 aliphatic heterocycles. The Morgan fingerprint density at radius 2 is 1.92 bits per heavy atom. The topological polar surface area (TPSA) is 99.2 Å². The molecule has 6 nitrogen and oxygen atoms in total. The molecule has 0 aliphatic rings. The summed E-state index contributed by atoms with van der Waals surface area (Å²) in [6.45, 7) is 1.74. The Morgan fingerprint density at radius 3 is 2.48 bits per heavy atom. The Balaban J connectivity index is 2.15. The standard InChI is InChI=1S/C17H15FN4O2S/c1-10(11-2-4-13(18)5-3-11)21-17(24)22(25)14-6-7-15(16(20)23)12(8-14)9-19/h2-8,10,25H,1H3,(H2,20,23)(H,21,24). The number of nitrogens with one attached hydrogen (secondary N) is 1. The van der Waals surface area contributed by atoms with Gasteiger partial charge in [-0.15, -0.1) is 0 Å². The van der Waals surface area contributed by atoms with Crippen molar-refractivity contribution in [2.24, 2.45) is 5.73 Å². The summed E-state index contributed by atoms with van der Waals surface area (Å²) in [7, 11) is 0. The van der Waals surface area contributed by atoms with Gasteiger partial charge in [-0.25, -0.2) is 13.5 Å². The van der Waals surface area contributed by atoms with E-state index in [1.165, 1.54) is 30.3 Å². The number of benzene rings is 2. The van der Waals surface area contributed by atoms with Crippen LogP contribution in [-0.4, -0.2) is 11.9 Å². The van der Waals surface area contributed by atoms with Gasteiger partial charge in [-0.05, 0) is 42.8 Å². The maximum atomic E-state index is 13.0. The number of hydrogen-bond donors (Lipinski definition) is 3. The van der Waals surface area contributed by atoms with Crippen LogP contribution in [0.25, 0.3) is 0 Å². The lowest BCUT2D eigenvalue weighted by Crippen LogP contribution is -2.35. The fraction of sp³-hybridized carbons (Fsp3) is 0.118. The van der Waals surface area contributed by atoms with Gasteiger partial charge in [0.1, 0.15) is 11.9 Å². The molecule has 2 aromatic carbocycles. The SMILES string of the molecule is CC(NC(=O)N(S)c1ccc(C(N)=O)c(C#N)c1)c1ccc(F)cc1. The number of primary amides is 1. The van der Waals surface area contributed by atoms with E-state index in [2.05, 4.69) is 18.1 Å². The molecule has 0 saturated heterocycles. The molecule has 0 bridgehead atoms. The smallest absolute Gasteiger partial charge is 0.332 e. The average Bonchev–Trinajstić information content (AvgIpc) is 2.60. The van der Waals surface area contributed by atoms with Crippen LogP contribution in [-0.2, 0) is 0 Å². The van der Waals surface area contributed by atoms with E-state index in [0.29, 0.717) is 5.69 Å². The summed E-state index contributed by atoms with van der Waals surface area (Å²) in [5.41, 5.74) is 6.32. The Hall–Kier alpha value is -3.05. The van der Waals surface area contributed by atoms with Gasteiger partial charge in [-0.2, -0.15) is 5.26 Å². The van der Waals surface area contributed by atoms with Gasteiger partial charge in [-0.3, -0.25) is 4.79 Å². The summed E-state index contributed by atoms with van der Waals surface area (Å²) in [4.78, 5) is 23.6. The maximum Gasteiger partial charge on any atom is 0.332 e. The van der Waals surface area contributed by atoms with E-state index in [1.807, 2.05) is 6.07 Å². The van der Waals surface area contributed by atoms with Crippen LogP contribution in [0, 0.1) is 17.1 Å². The van der Waals surface area contributed by atoms with E-state index < -0.39 is 11.9 Å². The van der Waals surface area contributed by atoms with Crippen molar-refractivity contribution in [3.8, 4) is 6.07 Å². The van der Waals surface area contributed by atoms with Crippen LogP contribution in [0.1, 0.15) is 34.5 Å². The summed E-state index contributed by atoms with van der Waals surface area (Å²) in [6, 6.07) is 10.8. The zero-order chi connectivity index (χ0) is 18.6. The van der Waals surface area contributed by atoms with Crippen LogP contribution in [0.15, 0.2) is 42.5 Å². The number of nitrogens with two attached hydrogens (primary N) is 1. The quantitative estimate of drug-likeness (QED) is 0.733. The number of hydrogen-bond acceptors (Lipinski definition) is 4. The molecule has 25 heavy (non-hydrogen) atoms. The molecule has 1 atom stereocenters.